The molecule has 3 amide bonds. The van der Waals surface area contributed by atoms with Gasteiger partial charge in [-0.25, -0.2) is 28.5 Å². The first-order chi connectivity index (χ1) is 19.7. The van der Waals surface area contributed by atoms with Crippen LogP contribution in [0.1, 0.15) is 5.56 Å². The SMILES string of the molecule is COC(=S)NC[C@H]1CN(c2cc(F)c(N3CCNN(C(=O)NCc4ccc5c(c4)nnn5C)CC3)c(F)c2)C(=O)O1. The summed E-state index contributed by atoms with van der Waals surface area (Å²) in [6, 6.07) is 7.45. The molecule has 1 atom stereocenters. The summed E-state index contributed by atoms with van der Waals surface area (Å²) in [6.45, 7) is 1.42. The van der Waals surface area contributed by atoms with Crippen molar-refractivity contribution in [2.75, 3.05) is 56.2 Å². The van der Waals surface area contributed by atoms with Crippen molar-refractivity contribution in [1.29, 1.82) is 0 Å². The molecule has 3 heterocycles. The van der Waals surface area contributed by atoms with Gasteiger partial charge in [-0.1, -0.05) is 11.3 Å². The molecule has 13 nitrogen and oxygen atoms in total. The molecule has 16 heteroatoms. The van der Waals surface area contributed by atoms with E-state index in [9.17, 15) is 9.59 Å². The van der Waals surface area contributed by atoms with Crippen molar-refractivity contribution in [3.05, 3.63) is 47.5 Å². The van der Waals surface area contributed by atoms with Crippen LogP contribution in [-0.2, 0) is 23.1 Å². The Labute approximate surface area is 239 Å². The number of fused-ring (bicyclic) bond motifs is 1. The first kappa shape index (κ1) is 28.2. The summed E-state index contributed by atoms with van der Waals surface area (Å²) in [5.41, 5.74) is 5.27. The Bertz CT molecular complexity index is 1450. The Morgan fingerprint density at radius 2 is 1.98 bits per heavy atom. The van der Waals surface area contributed by atoms with Gasteiger partial charge in [-0.15, -0.1) is 5.10 Å². The van der Waals surface area contributed by atoms with Crippen molar-refractivity contribution in [3.63, 3.8) is 0 Å². The smallest absolute Gasteiger partial charge is 0.414 e. The van der Waals surface area contributed by atoms with E-state index in [2.05, 4.69) is 26.4 Å². The van der Waals surface area contributed by atoms with E-state index in [0.717, 1.165) is 33.6 Å². The molecule has 0 radical (unpaired) electrons. The summed E-state index contributed by atoms with van der Waals surface area (Å²) in [4.78, 5) is 27.8. The summed E-state index contributed by atoms with van der Waals surface area (Å²) in [7, 11) is 3.21. The van der Waals surface area contributed by atoms with Crippen molar-refractivity contribution in [2.45, 2.75) is 12.6 Å². The summed E-state index contributed by atoms with van der Waals surface area (Å²) in [6.07, 6.45) is -1.30. The number of nitrogens with zero attached hydrogens (tertiary/aromatic N) is 6. The summed E-state index contributed by atoms with van der Waals surface area (Å²) < 4.78 is 42.3. The monoisotopic (exact) mass is 589 g/mol. The molecule has 2 aromatic carbocycles. The molecule has 41 heavy (non-hydrogen) atoms. The molecule has 2 aliphatic heterocycles. The van der Waals surface area contributed by atoms with Crippen LogP contribution in [0.4, 0.5) is 29.7 Å². The molecule has 0 unspecified atom stereocenters. The fraction of sp³-hybridized carbons (Fsp3) is 0.400. The van der Waals surface area contributed by atoms with Crippen LogP contribution in [0.5, 0.6) is 0 Å². The highest BCUT2D eigenvalue weighted by Gasteiger charge is 2.34. The first-order valence-corrected chi connectivity index (χ1v) is 13.3. The van der Waals surface area contributed by atoms with Gasteiger partial charge in [0.1, 0.15) is 17.3 Å². The van der Waals surface area contributed by atoms with Gasteiger partial charge in [-0.3, -0.25) is 9.91 Å². The van der Waals surface area contributed by atoms with E-state index in [0.29, 0.717) is 0 Å². The normalized spacial score (nSPS) is 17.4. The summed E-state index contributed by atoms with van der Waals surface area (Å²) in [5, 5.41) is 15.2. The quantitative estimate of drug-likeness (QED) is 0.365. The number of carbonyl (C=O) groups excluding carboxylic acids is 2. The molecule has 0 aliphatic carbocycles. The van der Waals surface area contributed by atoms with E-state index >= 15 is 8.78 Å². The molecule has 1 aromatic heterocycles. The van der Waals surface area contributed by atoms with Gasteiger partial charge in [-0.05, 0) is 29.9 Å². The molecular formula is C25H29F2N9O4S. The number of halogens is 2. The van der Waals surface area contributed by atoms with Crippen molar-refractivity contribution in [2.24, 2.45) is 7.05 Å². The lowest BCUT2D eigenvalue weighted by Gasteiger charge is -2.25. The molecule has 5 rings (SSSR count). The molecule has 2 saturated heterocycles. The predicted octanol–water partition coefficient (Wildman–Crippen LogP) is 1.63. The summed E-state index contributed by atoms with van der Waals surface area (Å²) >= 11 is 4.91. The lowest BCUT2D eigenvalue weighted by atomic mass is 10.2. The maximum absolute atomic E-state index is 15.3. The Balaban J connectivity index is 1.18. The molecule has 2 fully saturated rings. The zero-order chi connectivity index (χ0) is 29.1. The van der Waals surface area contributed by atoms with E-state index < -0.39 is 23.8 Å². The number of thiocarbonyl (C=S) groups is 1. The highest BCUT2D eigenvalue weighted by Crippen LogP contribution is 2.31. The number of rotatable bonds is 6. The number of methoxy groups -OCH3 is 1. The number of benzene rings is 2. The van der Waals surface area contributed by atoms with Crippen molar-refractivity contribution in [1.82, 2.24) is 36.1 Å². The third-order valence-electron chi connectivity index (χ3n) is 6.80. The topological polar surface area (TPSA) is 129 Å². The zero-order valence-electron chi connectivity index (χ0n) is 22.4. The van der Waals surface area contributed by atoms with Gasteiger partial charge in [0, 0.05) is 45.4 Å². The molecule has 0 bridgehead atoms. The second-order valence-electron chi connectivity index (χ2n) is 9.49. The number of amides is 3. The Kier molecular flexibility index (Phi) is 8.30. The highest BCUT2D eigenvalue weighted by molar-refractivity contribution is 7.80. The number of nitrogens with one attached hydrogen (secondary N) is 3. The molecule has 0 spiro atoms. The molecule has 2 aliphatic rings. The average molecular weight is 590 g/mol. The highest BCUT2D eigenvalue weighted by atomic mass is 32.1. The number of cyclic esters (lactones) is 1. The largest absolute Gasteiger partial charge is 0.474 e. The maximum Gasteiger partial charge on any atom is 0.414 e. The van der Waals surface area contributed by atoms with E-state index in [1.165, 1.54) is 17.0 Å². The maximum atomic E-state index is 15.3. The standard InChI is InChI=1S/C25H29F2N9O4S/c1-33-21-4-3-15(9-20(21)31-32-33)12-28-23(37)36-8-7-34(6-5-30-36)22-18(26)10-16(11-19(22)27)35-14-17(40-25(35)38)13-29-24(41)39-2/h3-4,9-11,17,30H,5-8,12-14H2,1-2H3,(H,28,37)(H,29,41)/t17-/m0/s1. The number of carbonyl (C=O) groups is 2. The third-order valence-corrected chi connectivity index (χ3v) is 7.12. The van der Waals surface area contributed by atoms with Gasteiger partial charge in [0.2, 0.25) is 0 Å². The molecular weight excluding hydrogens is 560 g/mol. The number of hydrazine groups is 1. The zero-order valence-corrected chi connectivity index (χ0v) is 23.2. The fourth-order valence-electron chi connectivity index (χ4n) is 4.72. The van der Waals surface area contributed by atoms with Crippen LogP contribution in [0.15, 0.2) is 30.3 Å². The third kappa shape index (κ3) is 6.22. The molecule has 0 saturated carbocycles. The number of aryl methyl sites for hydroxylation is 1. The van der Waals surface area contributed by atoms with Gasteiger partial charge in [0.15, 0.2) is 11.6 Å². The second kappa shape index (κ2) is 12.1. The number of urea groups is 1. The van der Waals surface area contributed by atoms with E-state index in [-0.39, 0.29) is 68.4 Å². The average Bonchev–Trinajstić information content (AvgIpc) is 3.42. The van der Waals surface area contributed by atoms with Crippen LogP contribution >= 0.6 is 12.2 Å². The van der Waals surface area contributed by atoms with Gasteiger partial charge in [-0.2, -0.15) is 0 Å². The van der Waals surface area contributed by atoms with Crippen LogP contribution in [-0.4, -0.2) is 89.8 Å². The first-order valence-electron chi connectivity index (χ1n) is 12.8. The number of hydrogen-bond donors (Lipinski definition) is 3. The predicted molar refractivity (Wildman–Crippen MR) is 149 cm³/mol. The minimum absolute atomic E-state index is 0.0409. The minimum Gasteiger partial charge on any atom is -0.474 e. The number of anilines is 2. The van der Waals surface area contributed by atoms with Crippen molar-refractivity contribution >= 4 is 51.9 Å². The van der Waals surface area contributed by atoms with Crippen LogP contribution < -0.4 is 25.9 Å². The van der Waals surface area contributed by atoms with Gasteiger partial charge >= 0.3 is 12.1 Å². The van der Waals surface area contributed by atoms with Crippen LogP contribution in [0.2, 0.25) is 0 Å². The van der Waals surface area contributed by atoms with Crippen molar-refractivity contribution < 1.29 is 27.8 Å². The van der Waals surface area contributed by atoms with E-state index in [1.807, 2.05) is 18.2 Å². The number of hydrogen-bond acceptors (Lipinski definition) is 9. The van der Waals surface area contributed by atoms with Crippen molar-refractivity contribution in [3.8, 4) is 0 Å². The lowest BCUT2D eigenvalue weighted by molar-refractivity contribution is 0.142. The molecule has 3 aromatic rings. The van der Waals surface area contributed by atoms with Gasteiger partial charge in [0.05, 0.1) is 37.9 Å². The van der Waals surface area contributed by atoms with Crippen LogP contribution in [0.3, 0.4) is 0 Å². The molecule has 218 valence electrons. The molecule has 3 N–H and O–H groups in total. The number of aromatic nitrogens is 3. The fourth-order valence-corrected chi connectivity index (χ4v) is 4.80. The Morgan fingerprint density at radius 1 is 1.20 bits per heavy atom. The van der Waals surface area contributed by atoms with Gasteiger partial charge < -0.3 is 25.0 Å². The van der Waals surface area contributed by atoms with Crippen LogP contribution in [0, 0.1) is 11.6 Å². The van der Waals surface area contributed by atoms with E-state index in [1.54, 1.807) is 11.7 Å². The van der Waals surface area contributed by atoms with Gasteiger partial charge in [0.25, 0.3) is 5.17 Å². The lowest BCUT2D eigenvalue weighted by Crippen LogP contribution is -2.48. The number of ether oxygens (including phenoxy) is 2. The second-order valence-corrected chi connectivity index (χ2v) is 9.86. The summed E-state index contributed by atoms with van der Waals surface area (Å²) in [5.74, 6) is -1.65. The van der Waals surface area contributed by atoms with E-state index in [4.69, 9.17) is 21.7 Å². The Morgan fingerprint density at radius 3 is 2.73 bits per heavy atom. The van der Waals surface area contributed by atoms with Crippen LogP contribution in [0.25, 0.3) is 11.0 Å². The Hall–Kier alpha value is -4.31. The minimum atomic E-state index is -0.827.